The lowest BCUT2D eigenvalue weighted by Crippen LogP contribution is -2.35. The number of unbranched alkanes of at least 4 members (excludes halogenated alkanes) is 1. The number of carbonyl (C=O) groups excluding carboxylic acids is 1. The average molecular weight is 399 g/mol. The monoisotopic (exact) mass is 398 g/mol. The van der Waals surface area contributed by atoms with Crippen molar-refractivity contribution in [2.45, 2.75) is 45.8 Å². The maximum Gasteiger partial charge on any atom is 0.317 e. The summed E-state index contributed by atoms with van der Waals surface area (Å²) >= 11 is 0. The van der Waals surface area contributed by atoms with Crippen LogP contribution in [0, 0.1) is 5.92 Å². The molecule has 156 valence electrons. The first-order valence-corrected chi connectivity index (χ1v) is 9.13. The average Bonchev–Trinajstić information content (AvgIpc) is 2.68. The summed E-state index contributed by atoms with van der Waals surface area (Å²) in [5, 5.41) is 20.4. The Labute approximate surface area is 175 Å². The van der Waals surface area contributed by atoms with Crippen molar-refractivity contribution in [1.82, 2.24) is 10.2 Å². The maximum atomic E-state index is 12.4. The summed E-state index contributed by atoms with van der Waals surface area (Å²) in [4.78, 5) is 35.3. The van der Waals surface area contributed by atoms with Gasteiger partial charge in [-0.05, 0) is 49.8 Å². The highest BCUT2D eigenvalue weighted by Crippen LogP contribution is 2.17. The molecule has 0 heterocycles. The maximum absolute atomic E-state index is 12.4. The number of carboxylic acids is 2. The van der Waals surface area contributed by atoms with E-state index >= 15 is 0 Å². The van der Waals surface area contributed by atoms with E-state index < -0.39 is 37.5 Å². The van der Waals surface area contributed by atoms with Crippen LogP contribution in [-0.4, -0.2) is 59.1 Å². The molecule has 1 atom stereocenters. The summed E-state index contributed by atoms with van der Waals surface area (Å²) < 4.78 is 45.0. The second kappa shape index (κ2) is 12.1. The van der Waals surface area contributed by atoms with Gasteiger partial charge in [0, 0.05) is 14.8 Å². The van der Waals surface area contributed by atoms with Gasteiger partial charge in [-0.25, -0.2) is 0 Å². The topological polar surface area (TPSA) is 107 Å². The van der Waals surface area contributed by atoms with Crippen molar-refractivity contribution < 1.29 is 32.8 Å². The molecule has 28 heavy (non-hydrogen) atoms. The van der Waals surface area contributed by atoms with E-state index in [1.54, 1.807) is 31.2 Å². The third-order valence-corrected chi connectivity index (χ3v) is 4.23. The zero-order chi connectivity index (χ0) is 26.1. The van der Waals surface area contributed by atoms with Crippen molar-refractivity contribution in [3.63, 3.8) is 0 Å². The third-order valence-electron chi connectivity index (χ3n) is 4.23. The van der Waals surface area contributed by atoms with E-state index in [0.29, 0.717) is 30.5 Å². The van der Waals surface area contributed by atoms with Gasteiger partial charge < -0.3 is 15.5 Å². The molecule has 0 radical (unpaired) electrons. The number of carboxylic acid groups (broad SMARTS) is 2. The van der Waals surface area contributed by atoms with Gasteiger partial charge in [-0.15, -0.1) is 0 Å². The Kier molecular flexibility index (Phi) is 6.72. The summed E-state index contributed by atoms with van der Waals surface area (Å²) in [5.74, 6) is -4.42. The molecule has 0 unspecified atom stereocenters. The van der Waals surface area contributed by atoms with Gasteiger partial charge in [0.2, 0.25) is 5.91 Å². The van der Waals surface area contributed by atoms with E-state index in [1.807, 2.05) is 0 Å². The number of carbonyl (C=O) groups is 3. The number of hydrogen-bond acceptors (Lipinski definition) is 4. The smallest absolute Gasteiger partial charge is 0.317 e. The molecule has 1 aromatic carbocycles. The molecule has 0 aliphatic carbocycles. The second-order valence-electron chi connectivity index (χ2n) is 6.72. The molecule has 0 aromatic heterocycles. The molecule has 0 aliphatic rings. The van der Waals surface area contributed by atoms with E-state index in [0.717, 1.165) is 0 Å². The highest BCUT2D eigenvalue weighted by Gasteiger charge is 2.15. The van der Waals surface area contributed by atoms with E-state index in [1.165, 1.54) is 4.90 Å². The summed E-state index contributed by atoms with van der Waals surface area (Å²) in [6.07, 6.45) is 0.922. The van der Waals surface area contributed by atoms with Crippen molar-refractivity contribution in [2.24, 2.45) is 5.92 Å². The molecular weight excluding hydrogens is 360 g/mol. The number of amides is 1. The lowest BCUT2D eigenvalue weighted by Gasteiger charge is -2.18. The molecule has 7 heteroatoms. The predicted octanol–water partition coefficient (Wildman–Crippen LogP) is 2.36. The first-order valence-electron chi connectivity index (χ1n) is 12.1. The Bertz CT molecular complexity index is 796. The molecule has 3 N–H and O–H groups in total. The molecule has 1 amide bonds. The van der Waals surface area contributed by atoms with E-state index in [2.05, 4.69) is 5.32 Å². The summed E-state index contributed by atoms with van der Waals surface area (Å²) in [5.41, 5.74) is 1.25. The van der Waals surface area contributed by atoms with Crippen molar-refractivity contribution in [3.05, 3.63) is 35.4 Å². The van der Waals surface area contributed by atoms with E-state index in [9.17, 15) is 14.4 Å². The SMILES string of the molecule is [2H]C([2H])([2H])C(Cc1ccc([C@H](C)C(=O)NCCCCN(CC(=O)O)CC(=O)O)cc1)C([2H])([2H])[2H]. The summed E-state index contributed by atoms with van der Waals surface area (Å²) in [6, 6.07) is 6.60. The highest BCUT2D eigenvalue weighted by atomic mass is 16.4. The Morgan fingerprint density at radius 3 is 2.21 bits per heavy atom. The molecule has 7 nitrogen and oxygen atoms in total. The van der Waals surface area contributed by atoms with Gasteiger partial charge in [-0.1, -0.05) is 38.0 Å². The van der Waals surface area contributed by atoms with Crippen LogP contribution >= 0.6 is 0 Å². The molecule has 0 spiro atoms. The molecule has 0 fully saturated rings. The molecule has 0 aliphatic heterocycles. The highest BCUT2D eigenvalue weighted by molar-refractivity contribution is 5.83. The number of aliphatic carboxylic acids is 2. The number of hydrogen-bond donors (Lipinski definition) is 3. The van der Waals surface area contributed by atoms with Crippen LogP contribution in [0.2, 0.25) is 0 Å². The minimum absolute atomic E-state index is 0.130. The van der Waals surface area contributed by atoms with Crippen LogP contribution in [0.3, 0.4) is 0 Å². The molecule has 0 saturated carbocycles. The predicted molar refractivity (Wildman–Crippen MR) is 107 cm³/mol. The van der Waals surface area contributed by atoms with Crippen LogP contribution in [0.5, 0.6) is 0 Å². The normalized spacial score (nSPS) is 16.2. The van der Waals surface area contributed by atoms with Gasteiger partial charge in [0.05, 0.1) is 19.0 Å². The second-order valence-corrected chi connectivity index (χ2v) is 6.72. The van der Waals surface area contributed by atoms with Crippen LogP contribution in [0.25, 0.3) is 0 Å². The zero-order valence-corrected chi connectivity index (χ0v) is 16.0. The number of benzene rings is 1. The molecule has 0 saturated heterocycles. The van der Waals surface area contributed by atoms with Gasteiger partial charge in [0.25, 0.3) is 0 Å². The van der Waals surface area contributed by atoms with Gasteiger partial charge in [0.1, 0.15) is 0 Å². The molecule has 1 rings (SSSR count). The van der Waals surface area contributed by atoms with Gasteiger partial charge in [0.15, 0.2) is 0 Å². The lowest BCUT2D eigenvalue weighted by atomic mass is 9.96. The van der Waals surface area contributed by atoms with Crippen molar-refractivity contribution in [3.8, 4) is 0 Å². The Morgan fingerprint density at radius 2 is 1.68 bits per heavy atom. The van der Waals surface area contributed by atoms with Crippen LogP contribution in [0.1, 0.15) is 58.7 Å². The van der Waals surface area contributed by atoms with Crippen LogP contribution in [-0.2, 0) is 20.8 Å². The van der Waals surface area contributed by atoms with E-state index in [4.69, 9.17) is 18.4 Å². The number of nitrogens with one attached hydrogen (secondary N) is 1. The van der Waals surface area contributed by atoms with Crippen molar-refractivity contribution >= 4 is 17.8 Å². The van der Waals surface area contributed by atoms with Gasteiger partial charge in [-0.2, -0.15) is 0 Å². The van der Waals surface area contributed by atoms with Gasteiger partial charge >= 0.3 is 11.9 Å². The lowest BCUT2D eigenvalue weighted by molar-refractivity contribution is -0.141. The first-order chi connectivity index (χ1) is 15.6. The minimum Gasteiger partial charge on any atom is -0.480 e. The van der Waals surface area contributed by atoms with Gasteiger partial charge in [-0.3, -0.25) is 19.3 Å². The van der Waals surface area contributed by atoms with Crippen LogP contribution in [0.15, 0.2) is 24.3 Å². The van der Waals surface area contributed by atoms with Crippen molar-refractivity contribution in [2.75, 3.05) is 26.2 Å². The zero-order valence-electron chi connectivity index (χ0n) is 22.0. The van der Waals surface area contributed by atoms with Crippen molar-refractivity contribution in [1.29, 1.82) is 0 Å². The van der Waals surface area contributed by atoms with E-state index in [-0.39, 0.29) is 32.0 Å². The van der Waals surface area contributed by atoms with Crippen LogP contribution < -0.4 is 5.32 Å². The largest absolute Gasteiger partial charge is 0.480 e. The first kappa shape index (κ1) is 15.5. The Balaban J connectivity index is 2.56. The third kappa shape index (κ3) is 9.50. The Morgan fingerprint density at radius 1 is 1.07 bits per heavy atom. The molecule has 1 aromatic rings. The summed E-state index contributed by atoms with van der Waals surface area (Å²) in [6.45, 7) is -3.65. The Hall–Kier alpha value is -2.41. The fourth-order valence-electron chi connectivity index (χ4n) is 2.75. The number of rotatable bonds is 13. The van der Waals surface area contributed by atoms with Crippen LogP contribution in [0.4, 0.5) is 0 Å². The fraction of sp³-hybridized carbons (Fsp3) is 0.571. The molecular formula is C21H32N2O5. The number of nitrogens with zero attached hydrogens (tertiary/aromatic N) is 1. The summed E-state index contributed by atoms with van der Waals surface area (Å²) in [7, 11) is 0. The standard InChI is InChI=1S/C21H32N2O5/c1-15(2)12-17-6-8-18(9-7-17)16(3)21(28)22-10-4-5-11-23(13-19(24)25)14-20(26)27/h6-9,15-16H,4-5,10-14H2,1-3H3,(H,22,28)(H,24,25)(H,26,27)/t16-/m0/s1/i1D3,2D3. The fourth-order valence-corrected chi connectivity index (χ4v) is 2.75. The quantitative estimate of drug-likeness (QED) is 0.440. The molecule has 0 bridgehead atoms. The minimum atomic E-state index is -2.62.